The Balaban J connectivity index is 2.64. The van der Waals surface area contributed by atoms with E-state index in [4.69, 9.17) is 6.42 Å². The van der Waals surface area contributed by atoms with Crippen LogP contribution in [-0.4, -0.2) is 16.1 Å². The number of anilines is 1. The van der Waals surface area contributed by atoms with Crippen LogP contribution in [0.4, 0.5) is 5.82 Å². The van der Waals surface area contributed by atoms with Crippen molar-refractivity contribution in [2.24, 2.45) is 0 Å². The van der Waals surface area contributed by atoms with Crippen molar-refractivity contribution in [1.29, 1.82) is 0 Å². The maximum Gasteiger partial charge on any atom is 0.229 e. The van der Waals surface area contributed by atoms with Gasteiger partial charge in [-0.25, -0.2) is 0 Å². The molecule has 0 radical (unpaired) electrons. The summed E-state index contributed by atoms with van der Waals surface area (Å²) in [5, 5.41) is 10.1. The second kappa shape index (κ2) is 6.81. The van der Waals surface area contributed by atoms with Gasteiger partial charge in [0.05, 0.1) is 6.42 Å². The molecule has 0 aliphatic carbocycles. The van der Waals surface area contributed by atoms with Crippen molar-refractivity contribution in [3.8, 4) is 12.3 Å². The summed E-state index contributed by atoms with van der Waals surface area (Å²) in [6.45, 7) is 7.18. The number of allylic oxidation sites excluding steroid dienone is 3. The van der Waals surface area contributed by atoms with Crippen molar-refractivity contribution in [1.82, 2.24) is 10.2 Å². The van der Waals surface area contributed by atoms with Crippen LogP contribution in [0.5, 0.6) is 0 Å². The number of hydrogen-bond donors (Lipinski definition) is 1. The molecule has 0 aliphatic rings. The Bertz CT molecular complexity index is 521. The van der Waals surface area contributed by atoms with E-state index in [1.165, 1.54) is 0 Å². The van der Waals surface area contributed by atoms with Crippen molar-refractivity contribution in [3.05, 3.63) is 54.8 Å². The van der Waals surface area contributed by atoms with E-state index in [0.717, 1.165) is 5.57 Å². The molecule has 0 atom stereocenters. The zero-order chi connectivity index (χ0) is 13.4. The second-order valence-electron chi connectivity index (χ2n) is 3.35. The molecule has 1 N–H and O–H groups in total. The summed E-state index contributed by atoms with van der Waals surface area (Å²) in [6, 6.07) is 3.21. The zero-order valence-corrected chi connectivity index (χ0v) is 9.89. The van der Waals surface area contributed by atoms with Gasteiger partial charge in [-0.15, -0.1) is 16.6 Å². The van der Waals surface area contributed by atoms with Gasteiger partial charge in [-0.1, -0.05) is 31.4 Å². The van der Waals surface area contributed by atoms with Crippen molar-refractivity contribution in [3.63, 3.8) is 0 Å². The van der Waals surface area contributed by atoms with Gasteiger partial charge in [0, 0.05) is 0 Å². The molecule has 0 saturated heterocycles. The second-order valence-corrected chi connectivity index (χ2v) is 3.35. The predicted octanol–water partition coefficient (Wildman–Crippen LogP) is 2.08. The van der Waals surface area contributed by atoms with E-state index in [2.05, 4.69) is 34.6 Å². The Kier molecular flexibility index (Phi) is 5.07. The highest BCUT2D eigenvalue weighted by molar-refractivity contribution is 5.91. The SMILES string of the molecule is C#Cc1ccc(NC(=O)C/C(C=C)=C/C=C)nn1. The van der Waals surface area contributed by atoms with Crippen LogP contribution < -0.4 is 5.32 Å². The highest BCUT2D eigenvalue weighted by atomic mass is 16.1. The van der Waals surface area contributed by atoms with Gasteiger partial charge >= 0.3 is 0 Å². The lowest BCUT2D eigenvalue weighted by Gasteiger charge is -2.03. The van der Waals surface area contributed by atoms with E-state index in [-0.39, 0.29) is 12.3 Å². The molecule has 0 unspecified atom stereocenters. The summed E-state index contributed by atoms with van der Waals surface area (Å²) in [4.78, 5) is 11.7. The first-order valence-corrected chi connectivity index (χ1v) is 5.23. The molecule has 18 heavy (non-hydrogen) atoms. The van der Waals surface area contributed by atoms with E-state index in [9.17, 15) is 4.79 Å². The zero-order valence-electron chi connectivity index (χ0n) is 9.89. The van der Waals surface area contributed by atoms with Gasteiger partial charge in [0.15, 0.2) is 5.82 Å². The van der Waals surface area contributed by atoms with Gasteiger partial charge in [0.25, 0.3) is 0 Å². The Labute approximate surface area is 106 Å². The average molecular weight is 239 g/mol. The smallest absolute Gasteiger partial charge is 0.229 e. The molecule has 0 fully saturated rings. The van der Waals surface area contributed by atoms with Crippen LogP contribution >= 0.6 is 0 Å². The fraction of sp³-hybridized carbons (Fsp3) is 0.0714. The van der Waals surface area contributed by atoms with Gasteiger partial charge in [0.2, 0.25) is 5.91 Å². The maximum atomic E-state index is 11.7. The number of aromatic nitrogens is 2. The van der Waals surface area contributed by atoms with Gasteiger partial charge in [-0.05, 0) is 23.6 Å². The minimum Gasteiger partial charge on any atom is -0.309 e. The lowest BCUT2D eigenvalue weighted by Crippen LogP contribution is -2.13. The minimum atomic E-state index is -0.203. The topological polar surface area (TPSA) is 54.9 Å². The Morgan fingerprint density at radius 3 is 2.72 bits per heavy atom. The Hall–Kier alpha value is -2.67. The van der Waals surface area contributed by atoms with Crippen LogP contribution in [-0.2, 0) is 4.79 Å². The fourth-order valence-electron chi connectivity index (χ4n) is 1.20. The molecule has 0 bridgehead atoms. The molecule has 1 aromatic heterocycles. The molecule has 0 saturated carbocycles. The summed E-state index contributed by atoms with van der Waals surface area (Å²) < 4.78 is 0. The van der Waals surface area contributed by atoms with E-state index in [0.29, 0.717) is 11.5 Å². The van der Waals surface area contributed by atoms with Crippen LogP contribution in [0.3, 0.4) is 0 Å². The Morgan fingerprint density at radius 2 is 2.22 bits per heavy atom. The number of nitrogens with one attached hydrogen (secondary N) is 1. The van der Waals surface area contributed by atoms with E-state index < -0.39 is 0 Å². The first-order chi connectivity index (χ1) is 8.69. The molecule has 1 amide bonds. The molecule has 90 valence electrons. The summed E-state index contributed by atoms with van der Waals surface area (Å²) in [7, 11) is 0. The molecule has 4 heteroatoms. The van der Waals surface area contributed by atoms with Gasteiger partial charge in [-0.2, -0.15) is 0 Å². The summed E-state index contributed by atoms with van der Waals surface area (Å²) >= 11 is 0. The Morgan fingerprint density at radius 1 is 1.44 bits per heavy atom. The van der Waals surface area contributed by atoms with Crippen LogP contribution in [0, 0.1) is 12.3 Å². The number of carbonyl (C=O) groups excluding carboxylic acids is 1. The molecule has 4 nitrogen and oxygen atoms in total. The standard InChI is InChI=1S/C14H13N3O/c1-4-7-11(5-2)10-14(18)15-13-9-8-12(6-3)16-17-13/h3-5,7-9H,1-2,10H2,(H,15,17,18)/b11-7+. The molecule has 1 heterocycles. The number of amides is 1. The first-order valence-electron chi connectivity index (χ1n) is 5.23. The van der Waals surface area contributed by atoms with Gasteiger partial charge in [-0.3, -0.25) is 4.79 Å². The maximum absolute atomic E-state index is 11.7. The molecular formula is C14H13N3O. The number of nitrogens with zero attached hydrogens (tertiary/aromatic N) is 2. The summed E-state index contributed by atoms with van der Waals surface area (Å²) in [5.41, 5.74) is 1.20. The van der Waals surface area contributed by atoms with Gasteiger partial charge < -0.3 is 5.32 Å². The average Bonchev–Trinajstić information content (AvgIpc) is 2.39. The third kappa shape index (κ3) is 4.06. The van der Waals surface area contributed by atoms with Crippen molar-refractivity contribution < 1.29 is 4.79 Å². The van der Waals surface area contributed by atoms with Crippen LogP contribution in [0.1, 0.15) is 12.1 Å². The summed E-state index contributed by atoms with van der Waals surface area (Å²) in [5.74, 6) is 2.50. The van der Waals surface area contributed by atoms with E-state index in [1.54, 1.807) is 30.4 Å². The number of rotatable bonds is 5. The fourth-order valence-corrected chi connectivity index (χ4v) is 1.20. The molecule has 1 rings (SSSR count). The van der Waals surface area contributed by atoms with Gasteiger partial charge in [0.1, 0.15) is 5.69 Å². The molecule has 0 aliphatic heterocycles. The third-order valence-corrected chi connectivity index (χ3v) is 2.04. The largest absolute Gasteiger partial charge is 0.309 e. The molecule has 0 aromatic carbocycles. The number of hydrogen-bond acceptors (Lipinski definition) is 3. The van der Waals surface area contributed by atoms with Crippen LogP contribution in [0.15, 0.2) is 49.1 Å². The van der Waals surface area contributed by atoms with E-state index >= 15 is 0 Å². The predicted molar refractivity (Wildman–Crippen MR) is 71.7 cm³/mol. The highest BCUT2D eigenvalue weighted by Crippen LogP contribution is 2.07. The minimum absolute atomic E-state index is 0.202. The number of terminal acetylenes is 1. The number of carbonyl (C=O) groups is 1. The van der Waals surface area contributed by atoms with Crippen LogP contribution in [0.25, 0.3) is 0 Å². The normalized spacial score (nSPS) is 10.3. The monoisotopic (exact) mass is 239 g/mol. The molecular weight excluding hydrogens is 226 g/mol. The third-order valence-electron chi connectivity index (χ3n) is 2.04. The van der Waals surface area contributed by atoms with Crippen molar-refractivity contribution >= 4 is 11.7 Å². The lowest BCUT2D eigenvalue weighted by molar-refractivity contribution is -0.115. The quantitative estimate of drug-likeness (QED) is 0.632. The van der Waals surface area contributed by atoms with Crippen molar-refractivity contribution in [2.45, 2.75) is 6.42 Å². The summed E-state index contributed by atoms with van der Waals surface area (Å²) in [6.07, 6.45) is 10.3. The lowest BCUT2D eigenvalue weighted by atomic mass is 10.1. The van der Waals surface area contributed by atoms with E-state index in [1.807, 2.05) is 0 Å². The van der Waals surface area contributed by atoms with Crippen molar-refractivity contribution in [2.75, 3.05) is 5.32 Å². The molecule has 1 aromatic rings. The molecule has 0 spiro atoms. The highest BCUT2D eigenvalue weighted by Gasteiger charge is 2.05. The first kappa shape index (κ1) is 13.4. The van der Waals surface area contributed by atoms with Crippen LogP contribution in [0.2, 0.25) is 0 Å².